The quantitative estimate of drug-likeness (QED) is 0.0845. The summed E-state index contributed by atoms with van der Waals surface area (Å²) in [5.74, 6) is -0.574. The van der Waals surface area contributed by atoms with Crippen LogP contribution in [-0.4, -0.2) is 104 Å². The molecule has 2 atom stereocenters. The number of rotatable bonds is 16. The smallest absolute Gasteiger partial charge is 0.381 e. The molecule has 0 bridgehead atoms. The first kappa shape index (κ1) is 40.1. The number of piperidine rings is 1. The molecular formula is C41H50F3N9O4. The topological polar surface area (TPSA) is 142 Å². The van der Waals surface area contributed by atoms with Crippen molar-refractivity contribution in [1.82, 2.24) is 39.2 Å². The summed E-state index contributed by atoms with van der Waals surface area (Å²) in [5, 5.41) is 5.80. The third-order valence-corrected chi connectivity index (χ3v) is 11.2. The highest BCUT2D eigenvalue weighted by molar-refractivity contribution is 6.00. The van der Waals surface area contributed by atoms with E-state index in [1.54, 1.807) is 17.8 Å². The summed E-state index contributed by atoms with van der Waals surface area (Å²) in [6, 6.07) is 14.0. The number of unbranched alkanes of at least 4 members (excludes halogenated alkanes) is 1. The summed E-state index contributed by atoms with van der Waals surface area (Å²) in [5.41, 5.74) is 6.07. The Kier molecular flexibility index (Phi) is 12.4. The lowest BCUT2D eigenvalue weighted by atomic mass is 10.0. The number of alkyl halides is 3. The van der Waals surface area contributed by atoms with Crippen molar-refractivity contribution in [3.63, 3.8) is 0 Å². The zero-order valence-corrected chi connectivity index (χ0v) is 32.4. The van der Waals surface area contributed by atoms with Crippen molar-refractivity contribution in [3.8, 4) is 11.1 Å². The number of aryl methyl sites for hydroxylation is 2. The number of anilines is 1. The molecular weight excluding hydrogens is 740 g/mol. The minimum atomic E-state index is -4.23. The summed E-state index contributed by atoms with van der Waals surface area (Å²) in [6.07, 6.45) is 2.62. The molecule has 2 fully saturated rings. The number of H-pyrrole nitrogens is 1. The van der Waals surface area contributed by atoms with Gasteiger partial charge < -0.3 is 19.9 Å². The van der Waals surface area contributed by atoms with Crippen LogP contribution in [0.15, 0.2) is 59.7 Å². The highest BCUT2D eigenvalue weighted by Gasteiger charge is 2.31. The number of imidazole rings is 1. The van der Waals surface area contributed by atoms with Crippen molar-refractivity contribution < 1.29 is 27.5 Å². The number of carbonyl (C=O) groups excluding carboxylic acids is 2. The lowest BCUT2D eigenvalue weighted by Crippen LogP contribution is -2.47. The van der Waals surface area contributed by atoms with Gasteiger partial charge in [-0.2, -0.15) is 18.2 Å². The molecule has 5 heterocycles. The maximum atomic E-state index is 13.0. The number of carbonyl (C=O) groups is 2. The Hall–Kier alpha value is -5.06. The van der Waals surface area contributed by atoms with Gasteiger partial charge in [0.05, 0.1) is 17.5 Å². The average molecular weight is 790 g/mol. The Labute approximate surface area is 328 Å². The van der Waals surface area contributed by atoms with E-state index in [0.717, 1.165) is 92.6 Å². The largest absolute Gasteiger partial charge is 0.390 e. The molecule has 2 aliphatic rings. The molecule has 16 heteroatoms. The van der Waals surface area contributed by atoms with E-state index in [-0.39, 0.29) is 36.6 Å². The van der Waals surface area contributed by atoms with Gasteiger partial charge in [-0.25, -0.2) is 9.78 Å². The van der Waals surface area contributed by atoms with E-state index in [2.05, 4.69) is 66.6 Å². The molecule has 0 saturated carbocycles. The fraction of sp³-hybridized carbons (Fsp3) is 0.488. The molecule has 0 aliphatic carbocycles. The highest BCUT2D eigenvalue weighted by atomic mass is 19.4. The summed E-state index contributed by atoms with van der Waals surface area (Å²) in [6.45, 7) is 8.46. The molecule has 304 valence electrons. The Bertz CT molecular complexity index is 2240. The lowest BCUT2D eigenvalue weighted by molar-refractivity contribution is -0.136. The van der Waals surface area contributed by atoms with E-state index in [9.17, 15) is 27.6 Å². The molecule has 2 saturated heterocycles. The van der Waals surface area contributed by atoms with E-state index >= 15 is 0 Å². The zero-order chi connectivity index (χ0) is 40.1. The average Bonchev–Trinajstić information content (AvgIpc) is 3.72. The van der Waals surface area contributed by atoms with Crippen molar-refractivity contribution in [2.45, 2.75) is 70.1 Å². The Balaban J connectivity index is 0.788. The van der Waals surface area contributed by atoms with E-state index in [0.29, 0.717) is 24.2 Å². The van der Waals surface area contributed by atoms with Gasteiger partial charge in [0.25, 0.3) is 0 Å². The molecule has 5 aromatic rings. The van der Waals surface area contributed by atoms with E-state index in [1.807, 2.05) is 24.4 Å². The number of nitrogens with one attached hydrogen (secondary N) is 3. The predicted molar refractivity (Wildman–Crippen MR) is 212 cm³/mol. The van der Waals surface area contributed by atoms with Crippen LogP contribution >= 0.6 is 0 Å². The van der Waals surface area contributed by atoms with Crippen LogP contribution in [0, 0.1) is 0 Å². The van der Waals surface area contributed by atoms with E-state index in [4.69, 9.17) is 4.74 Å². The van der Waals surface area contributed by atoms with E-state index in [1.165, 1.54) is 10.1 Å². The predicted octanol–water partition coefficient (Wildman–Crippen LogP) is 5.73. The van der Waals surface area contributed by atoms with Crippen molar-refractivity contribution >= 4 is 39.8 Å². The van der Waals surface area contributed by atoms with Gasteiger partial charge in [0.15, 0.2) is 0 Å². The van der Waals surface area contributed by atoms with Gasteiger partial charge in [-0.05, 0) is 74.4 Å². The number of hydrogen-bond donors (Lipinski definition) is 3. The number of fused-ring (bicyclic) bond motifs is 2. The van der Waals surface area contributed by atoms with Gasteiger partial charge in [-0.1, -0.05) is 30.3 Å². The molecule has 2 aliphatic heterocycles. The van der Waals surface area contributed by atoms with Crippen LogP contribution in [0.2, 0.25) is 0 Å². The number of benzene rings is 2. The number of nitrogens with zero attached hydrogens (tertiary/aromatic N) is 6. The molecule has 13 nitrogen and oxygen atoms in total. The minimum absolute atomic E-state index is 0.161. The zero-order valence-electron chi connectivity index (χ0n) is 32.4. The van der Waals surface area contributed by atoms with Gasteiger partial charge >= 0.3 is 11.9 Å². The number of halogens is 3. The number of hydrogen-bond acceptors (Lipinski definition) is 9. The Morgan fingerprint density at radius 2 is 1.75 bits per heavy atom. The summed E-state index contributed by atoms with van der Waals surface area (Å²) in [4.78, 5) is 53.8. The van der Waals surface area contributed by atoms with Gasteiger partial charge in [0.2, 0.25) is 17.8 Å². The molecule has 3 aromatic heterocycles. The third kappa shape index (κ3) is 9.57. The van der Waals surface area contributed by atoms with Crippen LogP contribution in [0.4, 0.5) is 19.1 Å². The Morgan fingerprint density at radius 1 is 0.982 bits per heavy atom. The second kappa shape index (κ2) is 17.6. The second-order valence-corrected chi connectivity index (χ2v) is 15.1. The molecule has 2 unspecified atom stereocenters. The van der Waals surface area contributed by atoms with Crippen LogP contribution in [0.5, 0.6) is 0 Å². The summed E-state index contributed by atoms with van der Waals surface area (Å²) in [7, 11) is 1.71. The number of aromatic nitrogens is 5. The van der Waals surface area contributed by atoms with Gasteiger partial charge in [-0.3, -0.25) is 28.9 Å². The van der Waals surface area contributed by atoms with Crippen molar-refractivity contribution in [2.24, 2.45) is 7.05 Å². The fourth-order valence-electron chi connectivity index (χ4n) is 7.89. The third-order valence-electron chi connectivity index (χ3n) is 11.2. The second-order valence-electron chi connectivity index (χ2n) is 15.1. The van der Waals surface area contributed by atoms with Gasteiger partial charge in [0.1, 0.15) is 11.7 Å². The molecule has 3 N–H and O–H groups in total. The lowest BCUT2D eigenvalue weighted by Gasteiger charge is -2.38. The number of imide groups is 1. The van der Waals surface area contributed by atoms with Crippen LogP contribution in [0.25, 0.3) is 33.2 Å². The first-order valence-corrected chi connectivity index (χ1v) is 19.8. The molecule has 57 heavy (non-hydrogen) atoms. The molecule has 0 spiro atoms. The highest BCUT2D eigenvalue weighted by Crippen LogP contribution is 2.31. The minimum Gasteiger partial charge on any atom is -0.381 e. The van der Waals surface area contributed by atoms with Crippen LogP contribution < -0.4 is 16.3 Å². The summed E-state index contributed by atoms with van der Waals surface area (Å²) < 4.78 is 46.5. The maximum absolute atomic E-state index is 13.0. The van der Waals surface area contributed by atoms with E-state index < -0.39 is 24.5 Å². The Morgan fingerprint density at radius 3 is 2.51 bits per heavy atom. The van der Waals surface area contributed by atoms with Crippen LogP contribution in [0.1, 0.15) is 68.7 Å². The molecule has 0 radical (unpaired) electrons. The number of amides is 2. The maximum Gasteiger partial charge on any atom is 0.390 e. The first-order valence-electron chi connectivity index (χ1n) is 19.8. The van der Waals surface area contributed by atoms with Crippen molar-refractivity contribution in [1.29, 1.82) is 0 Å². The molecule has 2 aromatic carbocycles. The van der Waals surface area contributed by atoms with Crippen LogP contribution in [0.3, 0.4) is 0 Å². The standard InChI is InChI=1S/C41H50F3N9O4/c1-27(29-8-10-30(11-9-29)31-25-46-37-32(31)26-47-39(49-37)45-16-15-41(42,43)44)52-20-18-51(19-21-52)17-3-4-22-57-23-5-6-28-7-12-33-35(24-28)50(2)40(56)53(33)34-13-14-36(54)48-38(34)55/h7-12,24-27,34H,3-6,13-23H2,1-2H3,(H,48,54,55)(H2,45,46,47,49). The fourth-order valence-corrected chi connectivity index (χ4v) is 7.89. The van der Waals surface area contributed by atoms with Gasteiger partial charge in [-0.15, -0.1) is 0 Å². The SMILES string of the molecule is CC(c1ccc(-c2c[nH]c3nc(NCCC(F)(F)F)ncc23)cc1)N1CCN(CCCCOCCCc2ccc3c(c2)n(C)c(=O)n3C2CCC(=O)NC2=O)CC1. The van der Waals surface area contributed by atoms with Crippen LogP contribution in [-0.2, 0) is 27.8 Å². The summed E-state index contributed by atoms with van der Waals surface area (Å²) >= 11 is 0. The number of piperazine rings is 1. The number of aromatic amines is 1. The molecule has 2 amide bonds. The van der Waals surface area contributed by atoms with Crippen molar-refractivity contribution in [2.75, 3.05) is 57.8 Å². The van der Waals surface area contributed by atoms with Gasteiger partial charge in [0, 0.05) is 88.8 Å². The first-order chi connectivity index (χ1) is 27.4. The van der Waals surface area contributed by atoms with Crippen molar-refractivity contribution in [3.05, 3.63) is 76.5 Å². The molecule has 7 rings (SSSR count). The monoisotopic (exact) mass is 789 g/mol. The normalized spacial score (nSPS) is 17.7. The number of ether oxygens (including phenoxy) is 1.